The molecule has 1 aliphatic rings. The molecule has 8 heteroatoms. The van der Waals surface area contributed by atoms with E-state index in [9.17, 15) is 0 Å². The third kappa shape index (κ3) is 8.50. The maximum atomic E-state index is 5.81. The van der Waals surface area contributed by atoms with Gasteiger partial charge in [0.15, 0.2) is 5.96 Å². The molecule has 31 heavy (non-hydrogen) atoms. The molecule has 3 rings (SSSR count). The van der Waals surface area contributed by atoms with E-state index in [1.807, 2.05) is 24.0 Å². The quantitative estimate of drug-likeness (QED) is 0.232. The molecular formula is C23H34IN5OS. The van der Waals surface area contributed by atoms with Gasteiger partial charge in [0, 0.05) is 49.6 Å². The lowest BCUT2D eigenvalue weighted by atomic mass is 10.2. The zero-order valence-electron chi connectivity index (χ0n) is 18.7. The average molecular weight is 556 g/mol. The van der Waals surface area contributed by atoms with Crippen molar-refractivity contribution in [1.82, 2.24) is 15.6 Å². The molecule has 2 N–H and O–H groups in total. The highest BCUT2D eigenvalue weighted by molar-refractivity contribution is 14.0. The predicted molar refractivity (Wildman–Crippen MR) is 142 cm³/mol. The molecule has 3 atom stereocenters. The van der Waals surface area contributed by atoms with Gasteiger partial charge in [0.1, 0.15) is 5.82 Å². The molecule has 0 spiro atoms. The number of morpholine rings is 1. The van der Waals surface area contributed by atoms with Crippen molar-refractivity contribution in [2.75, 3.05) is 31.6 Å². The number of nitrogens with one attached hydrogen (secondary N) is 2. The third-order valence-electron chi connectivity index (χ3n) is 4.87. The number of hydrogen-bond acceptors (Lipinski definition) is 5. The fourth-order valence-electron chi connectivity index (χ4n) is 3.49. The predicted octanol–water partition coefficient (Wildman–Crippen LogP) is 4.16. The van der Waals surface area contributed by atoms with E-state index >= 15 is 0 Å². The largest absolute Gasteiger partial charge is 0.372 e. The van der Waals surface area contributed by atoms with Crippen LogP contribution in [-0.4, -0.2) is 55.1 Å². The molecule has 1 saturated heterocycles. The fraction of sp³-hybridized carbons (Fsp3) is 0.478. The molecule has 0 saturated carbocycles. The van der Waals surface area contributed by atoms with E-state index in [0.29, 0.717) is 11.8 Å². The summed E-state index contributed by atoms with van der Waals surface area (Å²) in [6, 6.07) is 14.7. The van der Waals surface area contributed by atoms with Gasteiger partial charge in [-0.25, -0.2) is 4.98 Å². The summed E-state index contributed by atoms with van der Waals surface area (Å²) in [5, 5.41) is 7.22. The van der Waals surface area contributed by atoms with Crippen molar-refractivity contribution < 1.29 is 4.74 Å². The van der Waals surface area contributed by atoms with E-state index in [2.05, 4.69) is 82.7 Å². The van der Waals surface area contributed by atoms with Crippen LogP contribution in [0.25, 0.3) is 0 Å². The zero-order chi connectivity index (χ0) is 21.3. The summed E-state index contributed by atoms with van der Waals surface area (Å²) < 4.78 is 5.81. The minimum Gasteiger partial charge on any atom is -0.372 e. The Balaban J connectivity index is 0.00000341. The summed E-state index contributed by atoms with van der Waals surface area (Å²) in [7, 11) is 1.80. The Morgan fingerprint density at radius 2 is 1.87 bits per heavy atom. The number of benzene rings is 1. The summed E-state index contributed by atoms with van der Waals surface area (Å²) in [6.45, 7) is 9.72. The lowest BCUT2D eigenvalue weighted by molar-refractivity contribution is -0.00545. The summed E-state index contributed by atoms with van der Waals surface area (Å²) in [4.78, 5) is 12.6. The molecule has 0 amide bonds. The van der Waals surface area contributed by atoms with Gasteiger partial charge in [0.05, 0.1) is 12.2 Å². The minimum absolute atomic E-state index is 0. The lowest BCUT2D eigenvalue weighted by Gasteiger charge is -2.36. The number of ether oxygens (including phenoxy) is 1. The lowest BCUT2D eigenvalue weighted by Crippen LogP contribution is -2.45. The number of hydrogen-bond donors (Lipinski definition) is 2. The number of anilines is 1. The molecule has 1 aliphatic heterocycles. The number of aromatic nitrogens is 1. The van der Waals surface area contributed by atoms with Gasteiger partial charge >= 0.3 is 0 Å². The second kappa shape index (κ2) is 13.1. The van der Waals surface area contributed by atoms with Gasteiger partial charge in [-0.15, -0.1) is 35.7 Å². The molecule has 2 aromatic rings. The first-order chi connectivity index (χ1) is 14.5. The number of rotatable bonds is 7. The van der Waals surface area contributed by atoms with Crippen LogP contribution in [0.5, 0.6) is 0 Å². The van der Waals surface area contributed by atoms with Crippen molar-refractivity contribution in [3.8, 4) is 0 Å². The maximum absolute atomic E-state index is 5.81. The molecule has 1 aromatic heterocycles. The second-order valence-corrected chi connectivity index (χ2v) is 9.25. The van der Waals surface area contributed by atoms with Crippen LogP contribution in [-0.2, 0) is 11.3 Å². The Morgan fingerprint density at radius 3 is 2.48 bits per heavy atom. The third-order valence-corrected chi connectivity index (χ3v) is 5.99. The first kappa shape index (κ1) is 25.7. The maximum Gasteiger partial charge on any atom is 0.191 e. The highest BCUT2D eigenvalue weighted by Crippen LogP contribution is 2.22. The van der Waals surface area contributed by atoms with E-state index in [1.165, 1.54) is 4.90 Å². The van der Waals surface area contributed by atoms with E-state index in [0.717, 1.165) is 37.0 Å². The Bertz CT molecular complexity index is 795. The van der Waals surface area contributed by atoms with Crippen LogP contribution in [0.1, 0.15) is 26.3 Å². The number of pyridine rings is 1. The van der Waals surface area contributed by atoms with Crippen LogP contribution in [0.4, 0.5) is 5.82 Å². The zero-order valence-corrected chi connectivity index (χ0v) is 21.9. The summed E-state index contributed by atoms with van der Waals surface area (Å²) >= 11 is 1.86. The molecule has 2 heterocycles. The molecule has 6 nitrogen and oxygen atoms in total. The molecule has 0 bridgehead atoms. The number of halogens is 1. The van der Waals surface area contributed by atoms with Gasteiger partial charge in [0.25, 0.3) is 0 Å². The van der Waals surface area contributed by atoms with Crippen molar-refractivity contribution in [3.05, 3.63) is 54.2 Å². The summed E-state index contributed by atoms with van der Waals surface area (Å²) in [5.41, 5.74) is 1.13. The number of guanidine groups is 1. The minimum atomic E-state index is 0. The van der Waals surface area contributed by atoms with Crippen molar-refractivity contribution in [2.24, 2.45) is 4.99 Å². The first-order valence-electron chi connectivity index (χ1n) is 10.5. The Labute approximate surface area is 207 Å². The molecule has 0 radical (unpaired) electrons. The van der Waals surface area contributed by atoms with E-state index in [4.69, 9.17) is 4.74 Å². The van der Waals surface area contributed by atoms with Crippen LogP contribution in [0, 0.1) is 0 Å². The first-order valence-corrected chi connectivity index (χ1v) is 11.4. The molecule has 1 aromatic carbocycles. The topological polar surface area (TPSA) is 61.8 Å². The van der Waals surface area contributed by atoms with Gasteiger partial charge in [-0.3, -0.25) is 4.99 Å². The van der Waals surface area contributed by atoms with Crippen LogP contribution in [0.2, 0.25) is 0 Å². The number of thioether (sulfide) groups is 1. The molecule has 0 aliphatic carbocycles. The van der Waals surface area contributed by atoms with Gasteiger partial charge in [-0.2, -0.15) is 0 Å². The van der Waals surface area contributed by atoms with Gasteiger partial charge in [-0.1, -0.05) is 31.2 Å². The number of nitrogens with zero attached hydrogens (tertiary/aromatic N) is 3. The fourth-order valence-corrected chi connectivity index (χ4v) is 4.44. The van der Waals surface area contributed by atoms with Crippen molar-refractivity contribution in [3.63, 3.8) is 0 Å². The van der Waals surface area contributed by atoms with Crippen molar-refractivity contribution >= 4 is 47.5 Å². The Morgan fingerprint density at radius 1 is 1.16 bits per heavy atom. The van der Waals surface area contributed by atoms with E-state index in [1.54, 1.807) is 7.05 Å². The van der Waals surface area contributed by atoms with Crippen LogP contribution in [0.3, 0.4) is 0 Å². The van der Waals surface area contributed by atoms with Gasteiger partial charge in [0.2, 0.25) is 0 Å². The van der Waals surface area contributed by atoms with Crippen LogP contribution < -0.4 is 15.5 Å². The highest BCUT2D eigenvalue weighted by Gasteiger charge is 2.22. The number of aliphatic imine (C=N–C) groups is 1. The Hall–Kier alpha value is -1.52. The highest BCUT2D eigenvalue weighted by atomic mass is 127. The van der Waals surface area contributed by atoms with E-state index in [-0.39, 0.29) is 36.2 Å². The molecular weight excluding hydrogens is 521 g/mol. The van der Waals surface area contributed by atoms with Gasteiger partial charge in [-0.05, 0) is 37.6 Å². The second-order valence-electron chi connectivity index (χ2n) is 7.74. The monoisotopic (exact) mass is 555 g/mol. The average Bonchev–Trinajstić information content (AvgIpc) is 2.74. The normalized spacial score (nSPS) is 20.0. The standard InChI is InChI=1S/C23H33N5OS.HI/c1-17-15-28(16-18(2)29-17)22-11-10-20(13-25-22)14-27-23(24-4)26-12-19(3)30-21-8-6-5-7-9-21;/h5-11,13,17-19H,12,14-16H2,1-4H3,(H2,24,26,27);1H. The van der Waals surface area contributed by atoms with Crippen molar-refractivity contribution in [1.29, 1.82) is 0 Å². The smallest absolute Gasteiger partial charge is 0.191 e. The van der Waals surface area contributed by atoms with Crippen LogP contribution >= 0.6 is 35.7 Å². The Kier molecular flexibility index (Phi) is 10.9. The SMILES string of the molecule is CN=C(NCc1ccc(N2CC(C)OC(C)C2)nc1)NCC(C)Sc1ccccc1.I. The van der Waals surface area contributed by atoms with Gasteiger partial charge < -0.3 is 20.3 Å². The molecule has 1 fully saturated rings. The summed E-state index contributed by atoms with van der Waals surface area (Å²) in [6.07, 6.45) is 2.40. The molecule has 170 valence electrons. The molecule has 3 unspecified atom stereocenters. The van der Waals surface area contributed by atoms with Crippen LogP contribution in [0.15, 0.2) is 58.5 Å². The van der Waals surface area contributed by atoms with Crippen molar-refractivity contribution in [2.45, 2.75) is 49.7 Å². The van der Waals surface area contributed by atoms with E-state index < -0.39 is 0 Å². The summed E-state index contributed by atoms with van der Waals surface area (Å²) in [5.74, 6) is 1.81.